The molecular formula is C14H14N2O4S. The molecule has 0 aromatic heterocycles. The van der Waals surface area contributed by atoms with Crippen LogP contribution in [0.5, 0.6) is 5.75 Å². The zero-order valence-electron chi connectivity index (χ0n) is 11.2. The van der Waals surface area contributed by atoms with E-state index in [0.29, 0.717) is 0 Å². The van der Waals surface area contributed by atoms with Crippen LogP contribution in [0.1, 0.15) is 10.4 Å². The van der Waals surface area contributed by atoms with Gasteiger partial charge in [0.15, 0.2) is 9.84 Å². The number of benzene rings is 2. The second-order valence-electron chi connectivity index (χ2n) is 4.49. The monoisotopic (exact) mass is 306 g/mol. The summed E-state index contributed by atoms with van der Waals surface area (Å²) in [5.74, 6) is -0.703. The number of hydrogen-bond donors (Lipinski definition) is 3. The minimum absolute atomic E-state index is 0.0112. The summed E-state index contributed by atoms with van der Waals surface area (Å²) in [5.41, 5.74) is 6.09. The number of sulfone groups is 1. The molecule has 0 spiro atoms. The molecule has 0 aliphatic heterocycles. The van der Waals surface area contributed by atoms with Crippen molar-refractivity contribution in [3.63, 3.8) is 0 Å². The summed E-state index contributed by atoms with van der Waals surface area (Å²) < 4.78 is 23.4. The molecule has 4 N–H and O–H groups in total. The number of phenolic OH excluding ortho intramolecular Hbond substituents is 1. The van der Waals surface area contributed by atoms with Crippen molar-refractivity contribution in [2.75, 3.05) is 17.3 Å². The average Bonchev–Trinajstić information content (AvgIpc) is 2.41. The molecule has 2 aromatic carbocycles. The van der Waals surface area contributed by atoms with Gasteiger partial charge >= 0.3 is 0 Å². The molecule has 110 valence electrons. The number of aromatic hydroxyl groups is 1. The molecule has 7 heteroatoms. The van der Waals surface area contributed by atoms with Crippen LogP contribution in [-0.4, -0.2) is 25.7 Å². The van der Waals surface area contributed by atoms with Crippen LogP contribution >= 0.6 is 0 Å². The van der Waals surface area contributed by atoms with Crippen molar-refractivity contribution in [3.05, 3.63) is 48.0 Å². The Balaban J connectivity index is 2.39. The highest BCUT2D eigenvalue weighted by Crippen LogP contribution is 2.24. The zero-order chi connectivity index (χ0) is 15.6. The minimum atomic E-state index is -3.47. The van der Waals surface area contributed by atoms with Gasteiger partial charge in [-0.15, -0.1) is 0 Å². The molecule has 0 heterocycles. The first-order valence-electron chi connectivity index (χ1n) is 5.98. The van der Waals surface area contributed by atoms with Crippen molar-refractivity contribution in [2.24, 2.45) is 0 Å². The van der Waals surface area contributed by atoms with Gasteiger partial charge in [0.1, 0.15) is 5.75 Å². The van der Waals surface area contributed by atoms with Crippen LogP contribution in [-0.2, 0) is 9.84 Å². The van der Waals surface area contributed by atoms with E-state index in [4.69, 9.17) is 5.73 Å². The van der Waals surface area contributed by atoms with Gasteiger partial charge in [-0.05, 0) is 30.3 Å². The van der Waals surface area contributed by atoms with Crippen molar-refractivity contribution in [1.82, 2.24) is 0 Å². The zero-order valence-corrected chi connectivity index (χ0v) is 12.0. The van der Waals surface area contributed by atoms with E-state index in [1.54, 1.807) is 12.1 Å². The molecule has 0 bridgehead atoms. The van der Waals surface area contributed by atoms with Crippen LogP contribution in [0.25, 0.3) is 0 Å². The first kappa shape index (κ1) is 14.9. The molecule has 0 radical (unpaired) electrons. The Hall–Kier alpha value is -2.54. The quantitative estimate of drug-likeness (QED) is 0.590. The van der Waals surface area contributed by atoms with Gasteiger partial charge in [0.05, 0.1) is 16.1 Å². The van der Waals surface area contributed by atoms with E-state index in [1.165, 1.54) is 30.3 Å². The van der Waals surface area contributed by atoms with Crippen molar-refractivity contribution < 1.29 is 18.3 Å². The summed E-state index contributed by atoms with van der Waals surface area (Å²) in [5, 5.41) is 11.9. The number of nitrogen functional groups attached to an aromatic ring is 1. The lowest BCUT2D eigenvalue weighted by Gasteiger charge is -2.11. The molecule has 0 saturated heterocycles. The second kappa shape index (κ2) is 5.45. The molecule has 2 rings (SSSR count). The predicted molar refractivity (Wildman–Crippen MR) is 80.0 cm³/mol. The third-order valence-electron chi connectivity index (χ3n) is 2.82. The van der Waals surface area contributed by atoms with Crippen LogP contribution in [0, 0.1) is 0 Å². The Kier molecular flexibility index (Phi) is 3.86. The van der Waals surface area contributed by atoms with E-state index in [-0.39, 0.29) is 27.6 Å². The van der Waals surface area contributed by atoms with Gasteiger partial charge < -0.3 is 16.2 Å². The van der Waals surface area contributed by atoms with E-state index in [9.17, 15) is 18.3 Å². The Bertz CT molecular complexity index is 800. The highest BCUT2D eigenvalue weighted by molar-refractivity contribution is 7.90. The van der Waals surface area contributed by atoms with Crippen molar-refractivity contribution in [2.45, 2.75) is 4.90 Å². The number of nitrogens with one attached hydrogen (secondary N) is 1. The van der Waals surface area contributed by atoms with Crippen molar-refractivity contribution >= 4 is 27.1 Å². The smallest absolute Gasteiger partial charge is 0.257 e. The molecule has 0 unspecified atom stereocenters. The third-order valence-corrected chi connectivity index (χ3v) is 3.97. The lowest BCUT2D eigenvalue weighted by atomic mass is 10.1. The molecule has 0 fully saturated rings. The Labute approximate surface area is 122 Å². The number of anilines is 2. The molecule has 0 saturated carbocycles. The standard InChI is InChI=1S/C14H14N2O4S/c1-21(19,20)13-5-3-2-4-12(13)16-14(18)10-8-9(17)6-7-11(10)15/h2-8,17H,15H2,1H3,(H,16,18). The SMILES string of the molecule is CS(=O)(=O)c1ccccc1NC(=O)c1cc(O)ccc1N. The summed E-state index contributed by atoms with van der Waals surface area (Å²) in [6.45, 7) is 0. The fourth-order valence-corrected chi connectivity index (χ4v) is 2.67. The largest absolute Gasteiger partial charge is 0.508 e. The molecule has 2 aromatic rings. The number of carbonyl (C=O) groups excluding carboxylic acids is 1. The van der Waals surface area contributed by atoms with Crippen LogP contribution in [0.2, 0.25) is 0 Å². The van der Waals surface area contributed by atoms with E-state index < -0.39 is 15.7 Å². The molecular weight excluding hydrogens is 292 g/mol. The Morgan fingerprint density at radius 3 is 2.52 bits per heavy atom. The normalized spacial score (nSPS) is 11.1. The molecule has 21 heavy (non-hydrogen) atoms. The number of amides is 1. The van der Waals surface area contributed by atoms with Crippen LogP contribution < -0.4 is 11.1 Å². The fraction of sp³-hybridized carbons (Fsp3) is 0.0714. The summed E-state index contributed by atoms with van der Waals surface area (Å²) >= 11 is 0. The van der Waals surface area contributed by atoms with Gasteiger partial charge in [0, 0.05) is 11.9 Å². The second-order valence-corrected chi connectivity index (χ2v) is 6.48. The van der Waals surface area contributed by atoms with Crippen molar-refractivity contribution in [1.29, 1.82) is 0 Å². The maximum atomic E-state index is 12.2. The Morgan fingerprint density at radius 1 is 1.19 bits per heavy atom. The summed E-state index contributed by atoms with van der Waals surface area (Å²) in [6.07, 6.45) is 1.06. The number of phenols is 1. The van der Waals surface area contributed by atoms with E-state index >= 15 is 0 Å². The number of hydrogen-bond acceptors (Lipinski definition) is 5. The molecule has 0 atom stereocenters. The van der Waals surface area contributed by atoms with E-state index in [1.807, 2.05) is 0 Å². The maximum Gasteiger partial charge on any atom is 0.257 e. The van der Waals surface area contributed by atoms with Crippen molar-refractivity contribution in [3.8, 4) is 5.75 Å². The van der Waals surface area contributed by atoms with E-state index in [2.05, 4.69) is 5.32 Å². The van der Waals surface area contributed by atoms with Crippen LogP contribution in [0.15, 0.2) is 47.4 Å². The number of carbonyl (C=O) groups is 1. The number of nitrogens with two attached hydrogens (primary N) is 1. The molecule has 6 nitrogen and oxygen atoms in total. The predicted octanol–water partition coefficient (Wildman–Crippen LogP) is 1.63. The van der Waals surface area contributed by atoms with E-state index in [0.717, 1.165) is 6.26 Å². The Morgan fingerprint density at radius 2 is 1.86 bits per heavy atom. The van der Waals surface area contributed by atoms with Gasteiger partial charge in [-0.25, -0.2) is 8.42 Å². The lowest BCUT2D eigenvalue weighted by molar-refractivity contribution is 0.102. The topological polar surface area (TPSA) is 109 Å². The summed E-state index contributed by atoms with van der Waals surface area (Å²) in [7, 11) is -3.47. The van der Waals surface area contributed by atoms with Crippen LogP contribution in [0.3, 0.4) is 0 Å². The fourth-order valence-electron chi connectivity index (χ4n) is 1.82. The molecule has 1 amide bonds. The number of para-hydroxylation sites is 1. The van der Waals surface area contributed by atoms with Gasteiger partial charge in [0.2, 0.25) is 0 Å². The maximum absolute atomic E-state index is 12.2. The summed E-state index contributed by atoms with van der Waals surface area (Å²) in [4.78, 5) is 12.2. The third kappa shape index (κ3) is 3.32. The van der Waals surface area contributed by atoms with Gasteiger partial charge in [-0.1, -0.05) is 12.1 Å². The lowest BCUT2D eigenvalue weighted by Crippen LogP contribution is -2.16. The highest BCUT2D eigenvalue weighted by atomic mass is 32.2. The molecule has 0 aliphatic rings. The summed E-state index contributed by atoms with van der Waals surface area (Å²) in [6, 6.07) is 10.0. The van der Waals surface area contributed by atoms with Gasteiger partial charge in [-0.3, -0.25) is 4.79 Å². The average molecular weight is 306 g/mol. The minimum Gasteiger partial charge on any atom is -0.508 e. The van der Waals surface area contributed by atoms with Crippen LogP contribution in [0.4, 0.5) is 11.4 Å². The highest BCUT2D eigenvalue weighted by Gasteiger charge is 2.16. The van der Waals surface area contributed by atoms with Gasteiger partial charge in [-0.2, -0.15) is 0 Å². The first-order chi connectivity index (χ1) is 9.79. The van der Waals surface area contributed by atoms with Gasteiger partial charge in [0.25, 0.3) is 5.91 Å². The first-order valence-corrected chi connectivity index (χ1v) is 7.87. The number of rotatable bonds is 3. The molecule has 0 aliphatic carbocycles.